The number of methoxy groups -OCH3 is 1. The maximum absolute atomic E-state index is 13.0. The highest BCUT2D eigenvalue weighted by atomic mass is 35.5. The predicted molar refractivity (Wildman–Crippen MR) is 112 cm³/mol. The third-order valence-corrected chi connectivity index (χ3v) is 4.52. The Bertz CT molecular complexity index is 973. The van der Waals surface area contributed by atoms with E-state index in [1.54, 1.807) is 49.6 Å². The second-order valence-corrected chi connectivity index (χ2v) is 6.60. The Morgan fingerprint density at radius 3 is 2.50 bits per heavy atom. The zero-order valence-electron chi connectivity index (χ0n) is 15.2. The van der Waals surface area contributed by atoms with Crippen molar-refractivity contribution in [2.45, 2.75) is 6.92 Å². The lowest BCUT2D eigenvalue weighted by atomic mass is 10.1. The van der Waals surface area contributed by atoms with Gasteiger partial charge in [-0.1, -0.05) is 17.7 Å². The summed E-state index contributed by atoms with van der Waals surface area (Å²) < 4.78 is 10.8. The summed E-state index contributed by atoms with van der Waals surface area (Å²) in [6.07, 6.45) is 1.49. The Morgan fingerprint density at radius 2 is 1.86 bits per heavy atom. The first-order valence-corrected chi connectivity index (χ1v) is 9.21. The van der Waals surface area contributed by atoms with E-state index in [2.05, 4.69) is 5.32 Å². The van der Waals surface area contributed by atoms with Crippen molar-refractivity contribution in [3.05, 3.63) is 58.6 Å². The fourth-order valence-electron chi connectivity index (χ4n) is 2.70. The molecular weight excluding hydrogens is 400 g/mol. The van der Waals surface area contributed by atoms with Crippen LogP contribution in [-0.4, -0.2) is 30.6 Å². The molecule has 1 N–H and O–H groups in total. The van der Waals surface area contributed by atoms with Crippen LogP contribution >= 0.6 is 23.8 Å². The van der Waals surface area contributed by atoms with Crippen molar-refractivity contribution in [2.75, 3.05) is 18.6 Å². The zero-order chi connectivity index (χ0) is 20.3. The van der Waals surface area contributed by atoms with Crippen molar-refractivity contribution in [1.29, 1.82) is 0 Å². The molecule has 0 aromatic heterocycles. The predicted octanol–water partition coefficient (Wildman–Crippen LogP) is 3.58. The first-order valence-electron chi connectivity index (χ1n) is 8.42. The van der Waals surface area contributed by atoms with Gasteiger partial charge in [0.1, 0.15) is 5.57 Å². The van der Waals surface area contributed by atoms with Gasteiger partial charge < -0.3 is 9.47 Å². The van der Waals surface area contributed by atoms with Crippen LogP contribution in [-0.2, 0) is 9.59 Å². The van der Waals surface area contributed by atoms with E-state index in [1.165, 1.54) is 11.0 Å². The number of anilines is 1. The highest BCUT2D eigenvalue weighted by molar-refractivity contribution is 7.80. The molecule has 0 atom stereocenters. The molecule has 1 heterocycles. The Balaban J connectivity index is 1.99. The average Bonchev–Trinajstić information content (AvgIpc) is 2.67. The van der Waals surface area contributed by atoms with E-state index in [-0.39, 0.29) is 10.7 Å². The number of ether oxygens (including phenoxy) is 2. The molecule has 0 unspecified atom stereocenters. The Hall–Kier alpha value is -2.90. The number of rotatable bonds is 5. The highest BCUT2D eigenvalue weighted by Gasteiger charge is 2.34. The van der Waals surface area contributed by atoms with Crippen LogP contribution in [0.5, 0.6) is 11.5 Å². The molecule has 2 amide bonds. The molecule has 0 bridgehead atoms. The number of carbonyl (C=O) groups excluding carboxylic acids is 2. The van der Waals surface area contributed by atoms with E-state index in [0.717, 1.165) is 0 Å². The second kappa shape index (κ2) is 8.41. The first-order chi connectivity index (χ1) is 13.4. The van der Waals surface area contributed by atoms with Crippen LogP contribution in [0.25, 0.3) is 6.08 Å². The van der Waals surface area contributed by atoms with Gasteiger partial charge in [-0.25, -0.2) is 0 Å². The average molecular weight is 417 g/mol. The number of thiocarbonyl (C=S) groups is 1. The Labute approximate surface area is 172 Å². The van der Waals surface area contributed by atoms with E-state index in [0.29, 0.717) is 34.4 Å². The number of nitrogens with one attached hydrogen (secondary N) is 1. The van der Waals surface area contributed by atoms with Crippen LogP contribution in [0.1, 0.15) is 12.5 Å². The van der Waals surface area contributed by atoms with Gasteiger partial charge in [0.2, 0.25) is 0 Å². The molecule has 1 saturated heterocycles. The van der Waals surface area contributed by atoms with Crippen LogP contribution in [0.4, 0.5) is 5.69 Å². The van der Waals surface area contributed by atoms with Crippen LogP contribution in [0, 0.1) is 0 Å². The van der Waals surface area contributed by atoms with Gasteiger partial charge in [0.05, 0.1) is 19.4 Å². The van der Waals surface area contributed by atoms with Crippen molar-refractivity contribution in [3.63, 3.8) is 0 Å². The molecule has 0 aliphatic carbocycles. The lowest BCUT2D eigenvalue weighted by molar-refractivity contribution is -0.122. The molecule has 0 saturated carbocycles. The number of halogens is 1. The van der Waals surface area contributed by atoms with Gasteiger partial charge in [0.25, 0.3) is 11.8 Å². The molecule has 3 rings (SSSR count). The number of hydrogen-bond acceptors (Lipinski definition) is 5. The van der Waals surface area contributed by atoms with E-state index < -0.39 is 11.8 Å². The molecule has 8 heteroatoms. The second-order valence-electron chi connectivity index (χ2n) is 5.78. The van der Waals surface area contributed by atoms with Gasteiger partial charge in [-0.15, -0.1) is 0 Å². The van der Waals surface area contributed by atoms with Gasteiger partial charge in [-0.3, -0.25) is 19.8 Å². The molecule has 6 nitrogen and oxygen atoms in total. The summed E-state index contributed by atoms with van der Waals surface area (Å²) in [4.78, 5) is 26.6. The summed E-state index contributed by atoms with van der Waals surface area (Å²) in [5.74, 6) is -0.000623. The molecule has 2 aromatic rings. The summed E-state index contributed by atoms with van der Waals surface area (Å²) in [6, 6.07) is 11.7. The van der Waals surface area contributed by atoms with Gasteiger partial charge in [0.15, 0.2) is 16.6 Å². The minimum Gasteiger partial charge on any atom is -0.493 e. The van der Waals surface area contributed by atoms with E-state index in [1.807, 2.05) is 6.92 Å². The van der Waals surface area contributed by atoms with Gasteiger partial charge in [-0.05, 0) is 67.2 Å². The minimum absolute atomic E-state index is 0.0132. The Kier molecular flexibility index (Phi) is 5.96. The summed E-state index contributed by atoms with van der Waals surface area (Å²) >= 11 is 11.1. The maximum atomic E-state index is 13.0. The van der Waals surface area contributed by atoms with Crippen LogP contribution in [0.3, 0.4) is 0 Å². The number of nitrogens with zero attached hydrogens (tertiary/aromatic N) is 1. The SMILES string of the molecule is CCOc1cc(/C=C2/C(=O)NC(=S)N(c3ccc(Cl)cc3)C2=O)ccc1OC. The lowest BCUT2D eigenvalue weighted by Crippen LogP contribution is -2.54. The Morgan fingerprint density at radius 1 is 1.14 bits per heavy atom. The summed E-state index contributed by atoms with van der Waals surface area (Å²) in [6.45, 7) is 2.31. The van der Waals surface area contributed by atoms with Crippen molar-refractivity contribution in [3.8, 4) is 11.5 Å². The molecular formula is C20H17ClN2O4S. The number of amides is 2. The smallest absolute Gasteiger partial charge is 0.270 e. The molecule has 1 fully saturated rings. The molecule has 2 aromatic carbocycles. The topological polar surface area (TPSA) is 67.9 Å². The van der Waals surface area contributed by atoms with Crippen molar-refractivity contribution >= 4 is 52.5 Å². The summed E-state index contributed by atoms with van der Waals surface area (Å²) in [5.41, 5.74) is 1.08. The normalized spacial score (nSPS) is 15.6. The first kappa shape index (κ1) is 19.9. The maximum Gasteiger partial charge on any atom is 0.270 e. The fraction of sp³-hybridized carbons (Fsp3) is 0.150. The summed E-state index contributed by atoms with van der Waals surface area (Å²) in [5, 5.41) is 3.09. The molecule has 0 radical (unpaired) electrons. The quantitative estimate of drug-likeness (QED) is 0.458. The zero-order valence-corrected chi connectivity index (χ0v) is 16.8. The molecule has 1 aliphatic rings. The third-order valence-electron chi connectivity index (χ3n) is 3.99. The van der Waals surface area contributed by atoms with Crippen molar-refractivity contribution in [1.82, 2.24) is 5.32 Å². The highest BCUT2D eigenvalue weighted by Crippen LogP contribution is 2.30. The van der Waals surface area contributed by atoms with Gasteiger partial charge >= 0.3 is 0 Å². The standard InChI is InChI=1S/C20H17ClN2O4S/c1-3-27-17-11-12(4-9-16(17)26-2)10-15-18(24)22-20(28)23(19(15)25)14-7-5-13(21)6-8-14/h4-11H,3H2,1-2H3,(H,22,24,28)/b15-10-. The molecule has 28 heavy (non-hydrogen) atoms. The van der Waals surface area contributed by atoms with E-state index in [9.17, 15) is 9.59 Å². The number of benzene rings is 2. The molecule has 144 valence electrons. The van der Waals surface area contributed by atoms with Crippen molar-refractivity contribution in [2.24, 2.45) is 0 Å². The number of hydrogen-bond donors (Lipinski definition) is 1. The molecule has 1 aliphatic heterocycles. The lowest BCUT2D eigenvalue weighted by Gasteiger charge is -2.29. The third kappa shape index (κ3) is 4.00. The van der Waals surface area contributed by atoms with E-state index in [4.69, 9.17) is 33.3 Å². The fourth-order valence-corrected chi connectivity index (χ4v) is 3.11. The number of carbonyl (C=O) groups is 2. The van der Waals surface area contributed by atoms with Gasteiger partial charge in [0, 0.05) is 5.02 Å². The van der Waals surface area contributed by atoms with Crippen molar-refractivity contribution < 1.29 is 19.1 Å². The molecule has 0 spiro atoms. The van der Waals surface area contributed by atoms with Gasteiger partial charge in [-0.2, -0.15) is 0 Å². The minimum atomic E-state index is -0.561. The van der Waals surface area contributed by atoms with Crippen LogP contribution in [0.15, 0.2) is 48.0 Å². The monoisotopic (exact) mass is 416 g/mol. The van der Waals surface area contributed by atoms with Crippen LogP contribution < -0.4 is 19.7 Å². The summed E-state index contributed by atoms with van der Waals surface area (Å²) in [7, 11) is 1.54. The largest absolute Gasteiger partial charge is 0.493 e. The van der Waals surface area contributed by atoms with E-state index >= 15 is 0 Å². The van der Waals surface area contributed by atoms with Crippen LogP contribution in [0.2, 0.25) is 5.02 Å².